The predicted octanol–water partition coefficient (Wildman–Crippen LogP) is 4.27. The van der Waals surface area contributed by atoms with E-state index in [9.17, 15) is 0 Å². The Bertz CT molecular complexity index is 696. The molecule has 2 aromatic rings. The molecule has 1 aliphatic heterocycles. The highest BCUT2D eigenvalue weighted by atomic mass is 35.5. The normalized spacial score (nSPS) is 19.3. The van der Waals surface area contributed by atoms with Crippen LogP contribution >= 0.6 is 23.7 Å². The number of nitrogens with zero attached hydrogens (tertiary/aromatic N) is 2. The molecule has 0 amide bonds. The number of hydrogen-bond acceptors (Lipinski definition) is 5. The lowest BCUT2D eigenvalue weighted by atomic mass is 10.1. The Labute approximate surface area is 172 Å². The van der Waals surface area contributed by atoms with Gasteiger partial charge < -0.3 is 10.1 Å². The van der Waals surface area contributed by atoms with Crippen LogP contribution in [0.5, 0.6) is 5.75 Å². The highest BCUT2D eigenvalue weighted by Crippen LogP contribution is 2.29. The van der Waals surface area contributed by atoms with Crippen LogP contribution in [0.3, 0.4) is 0 Å². The van der Waals surface area contributed by atoms with Gasteiger partial charge in [0.2, 0.25) is 0 Å². The summed E-state index contributed by atoms with van der Waals surface area (Å²) < 4.78 is 5.87. The van der Waals surface area contributed by atoms with Crippen LogP contribution < -0.4 is 10.1 Å². The summed E-state index contributed by atoms with van der Waals surface area (Å²) in [6.07, 6.45) is 3.95. The van der Waals surface area contributed by atoms with Gasteiger partial charge >= 0.3 is 0 Å². The maximum atomic E-state index is 5.87. The van der Waals surface area contributed by atoms with Crippen molar-refractivity contribution < 1.29 is 4.74 Å². The lowest BCUT2D eigenvalue weighted by Crippen LogP contribution is -2.30. The molecule has 2 aliphatic rings. The van der Waals surface area contributed by atoms with Gasteiger partial charge in [0.05, 0.1) is 17.8 Å². The van der Waals surface area contributed by atoms with E-state index in [2.05, 4.69) is 46.4 Å². The number of thiazole rings is 1. The first-order chi connectivity index (χ1) is 12.8. The number of hydrogen-bond donors (Lipinski definition) is 1. The molecular formula is C21H30ClN3OS. The van der Waals surface area contributed by atoms with Gasteiger partial charge in [0, 0.05) is 24.5 Å². The summed E-state index contributed by atoms with van der Waals surface area (Å²) in [5, 5.41) is 3.49. The molecule has 1 saturated heterocycles. The summed E-state index contributed by atoms with van der Waals surface area (Å²) in [6, 6.07) is 8.71. The van der Waals surface area contributed by atoms with E-state index < -0.39 is 0 Å². The van der Waals surface area contributed by atoms with Gasteiger partial charge in [-0.15, -0.1) is 23.7 Å². The van der Waals surface area contributed by atoms with E-state index in [0.29, 0.717) is 0 Å². The molecule has 27 heavy (non-hydrogen) atoms. The first-order valence-corrected chi connectivity index (χ1v) is 10.7. The molecule has 1 saturated carbocycles. The lowest BCUT2D eigenvalue weighted by molar-refractivity contribution is 0.222. The van der Waals surface area contributed by atoms with Crippen LogP contribution in [0.4, 0.5) is 0 Å². The second-order valence-corrected chi connectivity index (χ2v) is 8.73. The zero-order chi connectivity index (χ0) is 17.8. The Hall–Kier alpha value is -1.14. The fourth-order valence-corrected chi connectivity index (χ4v) is 4.37. The standard InChI is InChI=1S/C21H29N3OS.ClH/c1-16-21(26-15-23-16)13-24(12-19-8-9-22-10-19)11-17-4-6-20(7-5-17)25-14-18-2-3-18;/h4-7,15,18-19,22H,2-3,8-14H2,1H3;1H. The van der Waals surface area contributed by atoms with Crippen LogP contribution in [0.25, 0.3) is 0 Å². The van der Waals surface area contributed by atoms with Gasteiger partial charge in [-0.2, -0.15) is 0 Å². The number of nitrogens with one attached hydrogen (secondary N) is 1. The highest BCUT2D eigenvalue weighted by Gasteiger charge is 2.22. The zero-order valence-corrected chi connectivity index (χ0v) is 17.7. The summed E-state index contributed by atoms with van der Waals surface area (Å²) in [6.45, 7) is 8.42. The van der Waals surface area contributed by atoms with E-state index in [1.165, 1.54) is 35.4 Å². The molecule has 2 heterocycles. The smallest absolute Gasteiger partial charge is 0.119 e. The summed E-state index contributed by atoms with van der Waals surface area (Å²) >= 11 is 1.78. The maximum Gasteiger partial charge on any atom is 0.119 e. The van der Waals surface area contributed by atoms with Crippen molar-refractivity contribution >= 4 is 23.7 Å². The van der Waals surface area contributed by atoms with Crippen LogP contribution in [0, 0.1) is 18.8 Å². The van der Waals surface area contributed by atoms with Crippen LogP contribution in [0.2, 0.25) is 0 Å². The van der Waals surface area contributed by atoms with Gasteiger partial charge in [-0.1, -0.05) is 12.1 Å². The van der Waals surface area contributed by atoms with Gasteiger partial charge in [-0.3, -0.25) is 4.90 Å². The van der Waals surface area contributed by atoms with E-state index in [1.54, 1.807) is 11.3 Å². The second-order valence-electron chi connectivity index (χ2n) is 7.79. The molecule has 148 valence electrons. The van der Waals surface area contributed by atoms with Crippen molar-refractivity contribution in [2.45, 2.75) is 39.3 Å². The summed E-state index contributed by atoms with van der Waals surface area (Å²) in [7, 11) is 0. The summed E-state index contributed by atoms with van der Waals surface area (Å²) in [5.41, 5.74) is 4.50. The maximum absolute atomic E-state index is 5.87. The molecular weight excluding hydrogens is 378 g/mol. The van der Waals surface area contributed by atoms with E-state index in [-0.39, 0.29) is 12.4 Å². The molecule has 4 nitrogen and oxygen atoms in total. The number of halogens is 1. The van der Waals surface area contributed by atoms with Gasteiger partial charge in [0.15, 0.2) is 0 Å². The minimum Gasteiger partial charge on any atom is -0.493 e. The quantitative estimate of drug-likeness (QED) is 0.673. The Morgan fingerprint density at radius 3 is 2.59 bits per heavy atom. The van der Waals surface area contributed by atoms with E-state index in [4.69, 9.17) is 4.74 Å². The van der Waals surface area contributed by atoms with Gasteiger partial charge in [-0.25, -0.2) is 4.98 Å². The van der Waals surface area contributed by atoms with Crippen molar-refractivity contribution in [1.29, 1.82) is 0 Å². The molecule has 1 atom stereocenters. The number of aromatic nitrogens is 1. The van der Waals surface area contributed by atoms with Crippen molar-refractivity contribution in [3.63, 3.8) is 0 Å². The van der Waals surface area contributed by atoms with E-state index >= 15 is 0 Å². The van der Waals surface area contributed by atoms with Crippen molar-refractivity contribution in [2.24, 2.45) is 11.8 Å². The van der Waals surface area contributed by atoms with Crippen LogP contribution in [0.1, 0.15) is 35.4 Å². The largest absolute Gasteiger partial charge is 0.493 e. The fourth-order valence-electron chi connectivity index (χ4n) is 3.55. The molecule has 0 spiro atoms. The fraction of sp³-hybridized carbons (Fsp3) is 0.571. The second kappa shape index (κ2) is 9.87. The molecule has 1 aliphatic carbocycles. The molecule has 1 aromatic carbocycles. The highest BCUT2D eigenvalue weighted by molar-refractivity contribution is 7.09. The Morgan fingerprint density at radius 1 is 1.15 bits per heavy atom. The number of benzene rings is 1. The van der Waals surface area contributed by atoms with Crippen LogP contribution in [0.15, 0.2) is 29.8 Å². The monoisotopic (exact) mass is 407 g/mol. The average molecular weight is 408 g/mol. The van der Waals surface area contributed by atoms with Crippen LogP contribution in [-0.4, -0.2) is 36.1 Å². The predicted molar refractivity (Wildman–Crippen MR) is 114 cm³/mol. The Kier molecular flexibility index (Phi) is 7.53. The topological polar surface area (TPSA) is 37.4 Å². The lowest BCUT2D eigenvalue weighted by Gasteiger charge is -2.25. The van der Waals surface area contributed by atoms with E-state index in [1.807, 2.05) is 5.51 Å². The first-order valence-electron chi connectivity index (χ1n) is 9.80. The van der Waals surface area contributed by atoms with Crippen molar-refractivity contribution in [3.8, 4) is 5.75 Å². The number of ether oxygens (including phenoxy) is 1. The number of aryl methyl sites for hydroxylation is 1. The van der Waals surface area contributed by atoms with Crippen molar-refractivity contribution in [1.82, 2.24) is 15.2 Å². The SMILES string of the molecule is Cc1ncsc1CN(Cc1ccc(OCC2CC2)cc1)CC1CCNC1.Cl. The molecule has 2 fully saturated rings. The van der Waals surface area contributed by atoms with Gasteiger partial charge in [-0.05, 0) is 68.8 Å². The van der Waals surface area contributed by atoms with Crippen LogP contribution in [-0.2, 0) is 13.1 Å². The minimum atomic E-state index is 0. The van der Waals surface area contributed by atoms with Gasteiger partial charge in [0.1, 0.15) is 5.75 Å². The van der Waals surface area contributed by atoms with Gasteiger partial charge in [0.25, 0.3) is 0 Å². The third-order valence-corrected chi connectivity index (χ3v) is 6.32. The molecule has 1 aromatic heterocycles. The minimum absolute atomic E-state index is 0. The zero-order valence-electron chi connectivity index (χ0n) is 16.0. The Morgan fingerprint density at radius 2 is 1.96 bits per heavy atom. The first kappa shape index (κ1) is 20.6. The molecule has 1 unspecified atom stereocenters. The van der Waals surface area contributed by atoms with E-state index in [0.717, 1.165) is 56.9 Å². The molecule has 6 heteroatoms. The third-order valence-electron chi connectivity index (χ3n) is 5.40. The third kappa shape index (κ3) is 6.18. The molecule has 4 rings (SSSR count). The summed E-state index contributed by atoms with van der Waals surface area (Å²) in [4.78, 5) is 8.39. The number of rotatable bonds is 9. The average Bonchev–Trinajstić information content (AvgIpc) is 3.18. The Balaban J connectivity index is 0.00000210. The van der Waals surface area contributed by atoms with Crippen molar-refractivity contribution in [2.75, 3.05) is 26.2 Å². The molecule has 1 N–H and O–H groups in total. The molecule has 0 bridgehead atoms. The van der Waals surface area contributed by atoms with Crippen molar-refractivity contribution in [3.05, 3.63) is 45.9 Å². The summed E-state index contributed by atoms with van der Waals surface area (Å²) in [5.74, 6) is 2.56. The molecule has 0 radical (unpaired) electrons.